The zero-order chi connectivity index (χ0) is 31.7. The zero-order valence-electron chi connectivity index (χ0n) is 24.6. The van der Waals surface area contributed by atoms with E-state index in [1.807, 2.05) is 68.4 Å². The molecule has 0 aliphatic rings. The number of hydrogen-bond donors (Lipinski definition) is 1. The fourth-order valence-electron chi connectivity index (χ4n) is 4.70. The van der Waals surface area contributed by atoms with Crippen molar-refractivity contribution in [2.45, 2.75) is 44.2 Å². The number of rotatable bonds is 13. The molecule has 1 N–H and O–H groups in total. The minimum atomic E-state index is -4.31. The van der Waals surface area contributed by atoms with Crippen LogP contribution in [0.25, 0.3) is 0 Å². The standard InChI is InChI=1S/C34H35ClFN3O4S/c1-3-20-37-34(41)32(21-26-10-6-4-7-11-26)38(23-27-16-14-25(2)15-17-27)33(40)24-39(28-18-19-31(36)30(35)22-28)44(42,43)29-12-8-5-9-13-29/h4-19,22,32H,3,20-21,23-24H2,1-2H3,(H,37,41). The molecule has 0 saturated heterocycles. The van der Waals surface area contributed by atoms with Gasteiger partial charge >= 0.3 is 0 Å². The summed E-state index contributed by atoms with van der Waals surface area (Å²) >= 11 is 6.06. The smallest absolute Gasteiger partial charge is 0.264 e. The molecule has 4 aromatic carbocycles. The van der Waals surface area contributed by atoms with Crippen molar-refractivity contribution in [1.82, 2.24) is 10.2 Å². The minimum absolute atomic E-state index is 0.0129. The summed E-state index contributed by atoms with van der Waals surface area (Å²) in [5.41, 5.74) is 2.65. The van der Waals surface area contributed by atoms with E-state index in [1.54, 1.807) is 18.2 Å². The average Bonchev–Trinajstić information content (AvgIpc) is 3.03. The van der Waals surface area contributed by atoms with E-state index in [4.69, 9.17) is 11.6 Å². The molecule has 0 aromatic heterocycles. The van der Waals surface area contributed by atoms with Gasteiger partial charge in [0.2, 0.25) is 11.8 Å². The van der Waals surface area contributed by atoms with Crippen LogP contribution in [0.4, 0.5) is 10.1 Å². The maximum absolute atomic E-state index is 14.4. The number of halogens is 2. The first-order valence-corrected chi connectivity index (χ1v) is 16.1. The molecule has 0 radical (unpaired) electrons. The molecule has 1 atom stereocenters. The van der Waals surface area contributed by atoms with Crippen LogP contribution < -0.4 is 9.62 Å². The molecule has 10 heteroatoms. The first-order valence-electron chi connectivity index (χ1n) is 14.3. The lowest BCUT2D eigenvalue weighted by atomic mass is 10.0. The monoisotopic (exact) mass is 635 g/mol. The van der Waals surface area contributed by atoms with Gasteiger partial charge < -0.3 is 10.2 Å². The van der Waals surface area contributed by atoms with Crippen molar-refractivity contribution >= 4 is 39.1 Å². The number of nitrogens with zero attached hydrogens (tertiary/aromatic N) is 2. The Balaban J connectivity index is 1.80. The summed E-state index contributed by atoms with van der Waals surface area (Å²) in [5, 5.41) is 2.62. The molecular weight excluding hydrogens is 601 g/mol. The number of hydrogen-bond acceptors (Lipinski definition) is 4. The average molecular weight is 636 g/mol. The Morgan fingerprint density at radius 1 is 0.886 bits per heavy atom. The van der Waals surface area contributed by atoms with Gasteiger partial charge in [-0.1, -0.05) is 96.9 Å². The van der Waals surface area contributed by atoms with Crippen LogP contribution in [0, 0.1) is 12.7 Å². The normalized spacial score (nSPS) is 11.9. The SMILES string of the molecule is CCCNC(=O)C(Cc1ccccc1)N(Cc1ccc(C)cc1)C(=O)CN(c1ccc(F)c(Cl)c1)S(=O)(=O)c1ccccc1. The Labute approximate surface area is 263 Å². The third-order valence-corrected chi connectivity index (χ3v) is 9.17. The highest BCUT2D eigenvalue weighted by molar-refractivity contribution is 7.92. The second-order valence-electron chi connectivity index (χ2n) is 10.4. The van der Waals surface area contributed by atoms with Crippen molar-refractivity contribution in [2.75, 3.05) is 17.4 Å². The maximum atomic E-state index is 14.4. The van der Waals surface area contributed by atoms with Gasteiger partial charge in [-0.3, -0.25) is 13.9 Å². The minimum Gasteiger partial charge on any atom is -0.354 e. The number of nitrogens with one attached hydrogen (secondary N) is 1. The summed E-state index contributed by atoms with van der Waals surface area (Å²) in [6.45, 7) is 3.70. The Morgan fingerprint density at radius 2 is 1.52 bits per heavy atom. The second kappa shape index (κ2) is 15.0. The Hall–Kier alpha value is -4.21. The van der Waals surface area contributed by atoms with E-state index in [9.17, 15) is 22.4 Å². The molecule has 0 heterocycles. The summed E-state index contributed by atoms with van der Waals surface area (Å²) in [5.74, 6) is -1.69. The summed E-state index contributed by atoms with van der Waals surface area (Å²) in [4.78, 5) is 29.4. The van der Waals surface area contributed by atoms with Crippen LogP contribution in [-0.4, -0.2) is 44.3 Å². The van der Waals surface area contributed by atoms with Crippen molar-refractivity contribution < 1.29 is 22.4 Å². The highest BCUT2D eigenvalue weighted by Crippen LogP contribution is 2.28. The lowest BCUT2D eigenvalue weighted by Crippen LogP contribution is -2.53. The summed E-state index contributed by atoms with van der Waals surface area (Å²) in [7, 11) is -4.31. The topological polar surface area (TPSA) is 86.8 Å². The molecule has 230 valence electrons. The molecule has 4 rings (SSSR count). The van der Waals surface area contributed by atoms with Gasteiger partial charge in [0.1, 0.15) is 18.4 Å². The van der Waals surface area contributed by atoms with Crippen LogP contribution in [0.3, 0.4) is 0 Å². The van der Waals surface area contributed by atoms with Crippen LogP contribution in [0.2, 0.25) is 5.02 Å². The number of benzene rings is 4. The molecule has 7 nitrogen and oxygen atoms in total. The van der Waals surface area contributed by atoms with Gasteiger partial charge in [-0.2, -0.15) is 0 Å². The van der Waals surface area contributed by atoms with Crippen molar-refractivity contribution in [3.8, 4) is 0 Å². The third kappa shape index (κ3) is 8.24. The van der Waals surface area contributed by atoms with Gasteiger partial charge in [-0.25, -0.2) is 12.8 Å². The third-order valence-electron chi connectivity index (χ3n) is 7.10. The molecule has 2 amide bonds. The molecule has 0 saturated carbocycles. The van der Waals surface area contributed by atoms with Crippen LogP contribution in [-0.2, 0) is 32.6 Å². The molecule has 0 spiro atoms. The van der Waals surface area contributed by atoms with E-state index in [-0.39, 0.29) is 34.5 Å². The number of carbonyl (C=O) groups excluding carboxylic acids is 2. The van der Waals surface area contributed by atoms with Crippen LogP contribution >= 0.6 is 11.6 Å². The quantitative estimate of drug-likeness (QED) is 0.191. The molecular formula is C34H35ClFN3O4S. The largest absolute Gasteiger partial charge is 0.354 e. The van der Waals surface area contributed by atoms with E-state index < -0.39 is 34.3 Å². The number of carbonyl (C=O) groups is 2. The van der Waals surface area contributed by atoms with Gasteiger partial charge in [0, 0.05) is 19.5 Å². The maximum Gasteiger partial charge on any atom is 0.264 e. The zero-order valence-corrected chi connectivity index (χ0v) is 26.2. The lowest BCUT2D eigenvalue weighted by molar-refractivity contribution is -0.140. The van der Waals surface area contributed by atoms with E-state index >= 15 is 0 Å². The Bertz CT molecular complexity index is 1670. The molecule has 0 fully saturated rings. The van der Waals surface area contributed by atoms with Crippen molar-refractivity contribution in [3.05, 3.63) is 131 Å². The fraction of sp³-hybridized carbons (Fsp3) is 0.235. The number of anilines is 1. The van der Waals surface area contributed by atoms with Gasteiger partial charge in [-0.05, 0) is 54.8 Å². The first kappa shape index (κ1) is 32.7. The molecule has 0 bridgehead atoms. The van der Waals surface area contributed by atoms with Gasteiger partial charge in [0.15, 0.2) is 0 Å². The van der Waals surface area contributed by atoms with E-state index in [0.717, 1.165) is 27.1 Å². The number of aryl methyl sites for hydroxylation is 1. The van der Waals surface area contributed by atoms with Gasteiger partial charge in [0.05, 0.1) is 15.6 Å². The molecule has 1 unspecified atom stereocenters. The fourth-order valence-corrected chi connectivity index (χ4v) is 6.30. The van der Waals surface area contributed by atoms with Crippen molar-refractivity contribution in [2.24, 2.45) is 0 Å². The summed E-state index contributed by atoms with van der Waals surface area (Å²) < 4.78 is 42.9. The Kier molecular flexibility index (Phi) is 11.1. The van der Waals surface area contributed by atoms with Gasteiger partial charge in [-0.15, -0.1) is 0 Å². The predicted octanol–water partition coefficient (Wildman–Crippen LogP) is 6.15. The summed E-state index contributed by atoms with van der Waals surface area (Å²) in [6.07, 6.45) is 0.909. The number of sulfonamides is 1. The van der Waals surface area contributed by atoms with Crippen molar-refractivity contribution in [3.63, 3.8) is 0 Å². The van der Waals surface area contributed by atoms with Gasteiger partial charge in [0.25, 0.3) is 10.0 Å². The second-order valence-corrected chi connectivity index (χ2v) is 12.7. The first-order chi connectivity index (χ1) is 21.1. The van der Waals surface area contributed by atoms with Crippen molar-refractivity contribution in [1.29, 1.82) is 0 Å². The molecule has 0 aliphatic carbocycles. The van der Waals surface area contributed by atoms with Crippen LogP contribution in [0.5, 0.6) is 0 Å². The van der Waals surface area contributed by atoms with E-state index in [2.05, 4.69) is 5.32 Å². The van der Waals surface area contributed by atoms with Crippen LogP contribution in [0.15, 0.2) is 108 Å². The number of amides is 2. The lowest BCUT2D eigenvalue weighted by Gasteiger charge is -2.34. The summed E-state index contributed by atoms with van der Waals surface area (Å²) in [6, 6.07) is 27.1. The van der Waals surface area contributed by atoms with E-state index in [1.165, 1.54) is 29.2 Å². The molecule has 0 aliphatic heterocycles. The predicted molar refractivity (Wildman–Crippen MR) is 171 cm³/mol. The van der Waals surface area contributed by atoms with Crippen LogP contribution in [0.1, 0.15) is 30.0 Å². The molecule has 44 heavy (non-hydrogen) atoms. The Morgan fingerprint density at radius 3 is 2.14 bits per heavy atom. The highest BCUT2D eigenvalue weighted by atomic mass is 35.5. The molecule has 4 aromatic rings. The highest BCUT2D eigenvalue weighted by Gasteiger charge is 2.34. The van der Waals surface area contributed by atoms with E-state index in [0.29, 0.717) is 13.0 Å².